The highest BCUT2D eigenvalue weighted by Crippen LogP contribution is 2.43. The molecule has 0 aromatic heterocycles. The number of hydrogen-bond acceptors (Lipinski definition) is 3. The van der Waals surface area contributed by atoms with Gasteiger partial charge >= 0.3 is 6.09 Å². The van der Waals surface area contributed by atoms with Crippen LogP contribution in [-0.2, 0) is 4.74 Å². The van der Waals surface area contributed by atoms with E-state index < -0.39 is 5.60 Å². The van der Waals surface area contributed by atoms with Crippen molar-refractivity contribution in [3.63, 3.8) is 0 Å². The molecule has 1 aliphatic carbocycles. The van der Waals surface area contributed by atoms with Crippen LogP contribution in [0, 0.1) is 0 Å². The van der Waals surface area contributed by atoms with E-state index in [2.05, 4.69) is 0 Å². The molecular formula is C13H24N2O2. The molecule has 98 valence electrons. The van der Waals surface area contributed by atoms with Crippen LogP contribution in [-0.4, -0.2) is 34.7 Å². The minimum atomic E-state index is -0.415. The highest BCUT2D eigenvalue weighted by molar-refractivity contribution is 5.69. The first-order valence-electron chi connectivity index (χ1n) is 6.59. The van der Waals surface area contributed by atoms with Gasteiger partial charge in [0.2, 0.25) is 0 Å². The minimum Gasteiger partial charge on any atom is -0.444 e. The van der Waals surface area contributed by atoms with E-state index in [1.54, 1.807) is 0 Å². The first-order valence-corrected chi connectivity index (χ1v) is 6.59. The zero-order valence-corrected chi connectivity index (χ0v) is 11.2. The number of carbonyl (C=O) groups is 1. The zero-order chi connectivity index (χ0) is 12.7. The van der Waals surface area contributed by atoms with E-state index in [0.29, 0.717) is 0 Å². The lowest BCUT2D eigenvalue weighted by Gasteiger charge is -2.36. The molecule has 0 aromatic carbocycles. The van der Waals surface area contributed by atoms with Gasteiger partial charge in [-0.05, 0) is 52.9 Å². The Labute approximate surface area is 103 Å². The molecule has 1 aliphatic heterocycles. The Kier molecular flexibility index (Phi) is 3.10. The molecule has 0 radical (unpaired) electrons. The summed E-state index contributed by atoms with van der Waals surface area (Å²) in [5.41, 5.74) is 5.59. The van der Waals surface area contributed by atoms with Crippen LogP contribution in [0.5, 0.6) is 0 Å². The summed E-state index contributed by atoms with van der Waals surface area (Å²) >= 11 is 0. The van der Waals surface area contributed by atoms with Crippen LogP contribution in [0.4, 0.5) is 4.79 Å². The van der Waals surface area contributed by atoms with Crippen molar-refractivity contribution in [2.75, 3.05) is 6.54 Å². The van der Waals surface area contributed by atoms with Gasteiger partial charge in [0.05, 0.1) is 0 Å². The molecule has 2 fully saturated rings. The van der Waals surface area contributed by atoms with Gasteiger partial charge < -0.3 is 15.4 Å². The smallest absolute Gasteiger partial charge is 0.410 e. The van der Waals surface area contributed by atoms with Crippen LogP contribution in [0.25, 0.3) is 0 Å². The lowest BCUT2D eigenvalue weighted by atomic mass is 9.94. The Morgan fingerprint density at radius 3 is 2.65 bits per heavy atom. The summed E-state index contributed by atoms with van der Waals surface area (Å²) < 4.78 is 5.49. The number of nitrogens with two attached hydrogens (primary N) is 1. The van der Waals surface area contributed by atoms with Crippen LogP contribution >= 0.6 is 0 Å². The van der Waals surface area contributed by atoms with E-state index in [-0.39, 0.29) is 17.7 Å². The van der Waals surface area contributed by atoms with Gasteiger partial charge in [0.1, 0.15) is 5.60 Å². The average Bonchev–Trinajstić information content (AvgIpc) is 2.72. The van der Waals surface area contributed by atoms with Crippen molar-refractivity contribution in [1.29, 1.82) is 0 Å². The van der Waals surface area contributed by atoms with Crippen molar-refractivity contribution in [2.24, 2.45) is 5.73 Å². The predicted molar refractivity (Wildman–Crippen MR) is 66.7 cm³/mol. The Morgan fingerprint density at radius 1 is 1.41 bits per heavy atom. The lowest BCUT2D eigenvalue weighted by Crippen LogP contribution is -2.48. The van der Waals surface area contributed by atoms with Crippen molar-refractivity contribution < 1.29 is 9.53 Å². The van der Waals surface area contributed by atoms with E-state index in [1.807, 2.05) is 25.7 Å². The highest BCUT2D eigenvalue weighted by Gasteiger charge is 2.48. The predicted octanol–water partition coefficient (Wildman–Crippen LogP) is 2.27. The molecule has 1 heterocycles. The van der Waals surface area contributed by atoms with Gasteiger partial charge in [0.25, 0.3) is 0 Å². The molecule has 0 aromatic rings. The maximum Gasteiger partial charge on any atom is 0.410 e. The standard InChI is InChI=1S/C13H24N2O2/c1-12(2,3)17-11(16)15-8-4-6-13(15)7-5-10(14)9-13/h10H,4-9,14H2,1-3H3/t10-,13-/m1/s1. The summed E-state index contributed by atoms with van der Waals surface area (Å²) in [5, 5.41) is 0. The fourth-order valence-corrected chi connectivity index (χ4v) is 3.16. The van der Waals surface area contributed by atoms with Crippen molar-refractivity contribution in [3.05, 3.63) is 0 Å². The number of likely N-dealkylation sites (tertiary alicyclic amines) is 1. The second kappa shape index (κ2) is 4.16. The molecule has 1 saturated carbocycles. The fraction of sp³-hybridized carbons (Fsp3) is 0.923. The summed E-state index contributed by atoms with van der Waals surface area (Å²) in [6.07, 6.45) is 4.99. The van der Waals surface area contributed by atoms with Crippen molar-refractivity contribution >= 4 is 6.09 Å². The van der Waals surface area contributed by atoms with Gasteiger partial charge in [0.15, 0.2) is 0 Å². The average molecular weight is 240 g/mol. The van der Waals surface area contributed by atoms with E-state index in [1.165, 1.54) is 0 Å². The second-order valence-corrected chi connectivity index (χ2v) is 6.46. The van der Waals surface area contributed by atoms with Crippen molar-refractivity contribution in [2.45, 2.75) is 70.1 Å². The third-order valence-electron chi connectivity index (χ3n) is 3.83. The number of carbonyl (C=O) groups excluding carboxylic acids is 1. The third-order valence-corrected chi connectivity index (χ3v) is 3.83. The van der Waals surface area contributed by atoms with E-state index in [9.17, 15) is 4.79 Å². The zero-order valence-electron chi connectivity index (χ0n) is 11.2. The Morgan fingerprint density at radius 2 is 2.12 bits per heavy atom. The molecule has 1 spiro atoms. The molecule has 17 heavy (non-hydrogen) atoms. The summed E-state index contributed by atoms with van der Waals surface area (Å²) in [4.78, 5) is 14.1. The van der Waals surface area contributed by atoms with Gasteiger partial charge in [0, 0.05) is 18.1 Å². The quantitative estimate of drug-likeness (QED) is 0.706. The van der Waals surface area contributed by atoms with Gasteiger partial charge in [-0.2, -0.15) is 0 Å². The molecule has 2 N–H and O–H groups in total. The maximum absolute atomic E-state index is 12.2. The van der Waals surface area contributed by atoms with Crippen LogP contribution in [0.2, 0.25) is 0 Å². The van der Waals surface area contributed by atoms with Crippen LogP contribution in [0.1, 0.15) is 52.9 Å². The topological polar surface area (TPSA) is 55.6 Å². The van der Waals surface area contributed by atoms with Crippen LogP contribution in [0.15, 0.2) is 0 Å². The van der Waals surface area contributed by atoms with Crippen LogP contribution in [0.3, 0.4) is 0 Å². The summed E-state index contributed by atoms with van der Waals surface area (Å²) in [6, 6.07) is 0.248. The number of rotatable bonds is 0. The minimum absolute atomic E-state index is 0.00174. The summed E-state index contributed by atoms with van der Waals surface area (Å²) in [5.74, 6) is 0. The van der Waals surface area contributed by atoms with Gasteiger partial charge in [-0.25, -0.2) is 4.79 Å². The van der Waals surface area contributed by atoms with Gasteiger partial charge in [-0.15, -0.1) is 0 Å². The SMILES string of the molecule is CC(C)(C)OC(=O)N1CCC[C@]12CC[C@@H](N)C2. The van der Waals surface area contributed by atoms with Crippen molar-refractivity contribution in [1.82, 2.24) is 4.90 Å². The molecule has 0 unspecified atom stereocenters. The number of ether oxygens (including phenoxy) is 1. The lowest BCUT2D eigenvalue weighted by molar-refractivity contribution is 0.00864. The molecule has 1 amide bonds. The van der Waals surface area contributed by atoms with E-state index >= 15 is 0 Å². The normalized spacial score (nSPS) is 33.4. The largest absolute Gasteiger partial charge is 0.444 e. The first-order chi connectivity index (χ1) is 7.82. The van der Waals surface area contributed by atoms with E-state index in [0.717, 1.165) is 38.6 Å². The van der Waals surface area contributed by atoms with Crippen molar-refractivity contribution in [3.8, 4) is 0 Å². The summed E-state index contributed by atoms with van der Waals surface area (Å²) in [6.45, 7) is 6.55. The fourth-order valence-electron chi connectivity index (χ4n) is 3.16. The number of amides is 1. The van der Waals surface area contributed by atoms with Crippen LogP contribution < -0.4 is 5.73 Å². The summed E-state index contributed by atoms with van der Waals surface area (Å²) in [7, 11) is 0. The molecule has 4 nitrogen and oxygen atoms in total. The molecule has 2 aliphatic rings. The molecule has 4 heteroatoms. The Balaban J connectivity index is 2.07. The molecule has 2 rings (SSSR count). The Bertz CT molecular complexity index is 311. The molecule has 1 saturated heterocycles. The monoisotopic (exact) mass is 240 g/mol. The molecule has 2 atom stereocenters. The third kappa shape index (κ3) is 2.57. The van der Waals surface area contributed by atoms with Gasteiger partial charge in [-0.1, -0.05) is 0 Å². The van der Waals surface area contributed by atoms with E-state index in [4.69, 9.17) is 10.5 Å². The van der Waals surface area contributed by atoms with Gasteiger partial charge in [-0.3, -0.25) is 0 Å². The highest BCUT2D eigenvalue weighted by atomic mass is 16.6. The number of hydrogen-bond donors (Lipinski definition) is 1. The molecular weight excluding hydrogens is 216 g/mol. The maximum atomic E-state index is 12.2. The number of nitrogens with zero attached hydrogens (tertiary/aromatic N) is 1. The second-order valence-electron chi connectivity index (χ2n) is 6.46. The Hall–Kier alpha value is -0.770. The first kappa shape index (κ1) is 12.7. The molecule has 0 bridgehead atoms.